The molecule has 0 aromatic heterocycles. The van der Waals surface area contributed by atoms with Gasteiger partial charge < -0.3 is 30.1 Å². The SMILES string of the molecule is O=C(NCc1ccccc1)NCc1cccc(-c2ccc(C3OC(CN4CCN(c5ccc([N+](=O)[O-])cc5)CC4)CC(c4ccc(CO)cc4)O3)cc2)c1. The van der Waals surface area contributed by atoms with Gasteiger partial charge in [-0.2, -0.15) is 0 Å². The number of aliphatic hydroxyl groups excluding tert-OH is 1. The lowest BCUT2D eigenvalue weighted by atomic mass is 9.98. The van der Waals surface area contributed by atoms with Crippen molar-refractivity contribution in [2.45, 2.75) is 44.6 Å². The van der Waals surface area contributed by atoms with Crippen LogP contribution in [-0.2, 0) is 29.2 Å². The summed E-state index contributed by atoms with van der Waals surface area (Å²) in [5.74, 6) is 0. The summed E-state index contributed by atoms with van der Waals surface area (Å²) >= 11 is 0. The number of hydrogen-bond donors (Lipinski definition) is 3. The lowest BCUT2D eigenvalue weighted by molar-refractivity contribution is -0.384. The fourth-order valence-corrected chi connectivity index (χ4v) is 7.01. The fourth-order valence-electron chi connectivity index (χ4n) is 7.01. The van der Waals surface area contributed by atoms with Crippen molar-refractivity contribution in [3.63, 3.8) is 0 Å². The summed E-state index contributed by atoms with van der Waals surface area (Å²) in [6.07, 6.45) is -0.130. The number of hydrogen-bond acceptors (Lipinski definition) is 8. The summed E-state index contributed by atoms with van der Waals surface area (Å²) in [5, 5.41) is 26.5. The molecule has 278 valence electrons. The number of amides is 2. The third-order valence-corrected chi connectivity index (χ3v) is 10.1. The van der Waals surface area contributed by atoms with Crippen LogP contribution in [0.25, 0.3) is 11.1 Å². The third kappa shape index (κ3) is 9.49. The van der Waals surface area contributed by atoms with Crippen molar-refractivity contribution in [3.8, 4) is 11.1 Å². The molecule has 0 radical (unpaired) electrons. The summed E-state index contributed by atoms with van der Waals surface area (Å²) in [6, 6.07) is 40.7. The first-order chi connectivity index (χ1) is 26.4. The largest absolute Gasteiger partial charge is 0.392 e. The predicted molar refractivity (Wildman–Crippen MR) is 208 cm³/mol. The molecular formula is C43H45N5O6. The highest BCUT2D eigenvalue weighted by atomic mass is 16.7. The van der Waals surface area contributed by atoms with Gasteiger partial charge >= 0.3 is 6.03 Å². The molecule has 2 saturated heterocycles. The average molecular weight is 728 g/mol. The molecule has 0 saturated carbocycles. The molecule has 3 unspecified atom stereocenters. The van der Waals surface area contributed by atoms with Crippen molar-refractivity contribution in [1.29, 1.82) is 0 Å². The van der Waals surface area contributed by atoms with E-state index in [0.717, 1.165) is 77.4 Å². The molecule has 5 aromatic rings. The van der Waals surface area contributed by atoms with Crippen LogP contribution >= 0.6 is 0 Å². The topological polar surface area (TPSA) is 129 Å². The van der Waals surface area contributed by atoms with E-state index >= 15 is 0 Å². The smallest absolute Gasteiger partial charge is 0.315 e. The van der Waals surface area contributed by atoms with Crippen LogP contribution in [0.1, 0.15) is 46.6 Å². The number of urea groups is 1. The van der Waals surface area contributed by atoms with Crippen LogP contribution in [0.4, 0.5) is 16.2 Å². The lowest BCUT2D eigenvalue weighted by Crippen LogP contribution is -2.49. The first-order valence-corrected chi connectivity index (χ1v) is 18.4. The molecule has 2 heterocycles. The van der Waals surface area contributed by atoms with E-state index < -0.39 is 6.29 Å². The van der Waals surface area contributed by atoms with Gasteiger partial charge in [0, 0.05) is 75.6 Å². The number of piperazine rings is 1. The Kier molecular flexibility index (Phi) is 11.9. The molecule has 0 bridgehead atoms. The molecule has 3 atom stereocenters. The first kappa shape index (κ1) is 36.8. The molecule has 7 rings (SSSR count). The molecular weight excluding hydrogens is 683 g/mol. The standard InChI is InChI=1S/C43H45N5O6/c49-30-32-9-11-35(12-10-32)41-26-40(29-46-21-23-47(24-22-46)38-17-19-39(20-18-38)48(51)52)53-42(54-41)36-15-13-34(14-16-36)37-8-4-7-33(25-37)28-45-43(50)44-27-31-5-2-1-3-6-31/h1-20,25,40-42,49H,21-24,26-30H2,(H2,44,45,50). The van der Waals surface area contributed by atoms with Crippen LogP contribution < -0.4 is 15.5 Å². The van der Waals surface area contributed by atoms with Crippen LogP contribution in [0.5, 0.6) is 0 Å². The van der Waals surface area contributed by atoms with Gasteiger partial charge in [-0.15, -0.1) is 0 Å². The molecule has 3 N–H and O–H groups in total. The van der Waals surface area contributed by atoms with Crippen molar-refractivity contribution in [2.24, 2.45) is 0 Å². The Hall–Kier alpha value is -5.59. The second kappa shape index (κ2) is 17.5. The number of rotatable bonds is 12. The number of anilines is 1. The summed E-state index contributed by atoms with van der Waals surface area (Å²) in [5.41, 5.74) is 8.04. The summed E-state index contributed by atoms with van der Waals surface area (Å²) in [6.45, 7) is 4.94. The first-order valence-electron chi connectivity index (χ1n) is 18.4. The Balaban J connectivity index is 0.988. The number of nitro groups is 1. The van der Waals surface area contributed by atoms with Gasteiger partial charge in [0.15, 0.2) is 6.29 Å². The van der Waals surface area contributed by atoms with Gasteiger partial charge in [0.1, 0.15) is 0 Å². The zero-order chi connectivity index (χ0) is 37.3. The van der Waals surface area contributed by atoms with Crippen LogP contribution in [0, 0.1) is 10.1 Å². The van der Waals surface area contributed by atoms with E-state index in [0.29, 0.717) is 19.5 Å². The molecule has 11 nitrogen and oxygen atoms in total. The molecule has 5 aromatic carbocycles. The number of carbonyl (C=O) groups excluding carboxylic acids is 1. The second-order valence-electron chi connectivity index (χ2n) is 13.8. The minimum absolute atomic E-state index is 0.0120. The molecule has 11 heteroatoms. The van der Waals surface area contributed by atoms with Gasteiger partial charge in [-0.25, -0.2) is 4.79 Å². The fraction of sp³-hybridized carbons (Fsp3) is 0.279. The van der Waals surface area contributed by atoms with Gasteiger partial charge in [-0.3, -0.25) is 15.0 Å². The van der Waals surface area contributed by atoms with Crippen LogP contribution in [0.15, 0.2) is 127 Å². The molecule has 2 aliphatic rings. The molecule has 54 heavy (non-hydrogen) atoms. The van der Waals surface area contributed by atoms with E-state index in [1.54, 1.807) is 12.1 Å². The van der Waals surface area contributed by atoms with E-state index in [1.165, 1.54) is 0 Å². The number of benzene rings is 5. The normalized spacial score (nSPS) is 18.9. The number of ether oxygens (including phenoxy) is 2. The quantitative estimate of drug-likeness (QED) is 0.0916. The maximum Gasteiger partial charge on any atom is 0.315 e. The van der Waals surface area contributed by atoms with Gasteiger partial charge in [0.25, 0.3) is 5.69 Å². The van der Waals surface area contributed by atoms with Gasteiger partial charge in [0.05, 0.1) is 23.7 Å². The zero-order valence-corrected chi connectivity index (χ0v) is 30.1. The summed E-state index contributed by atoms with van der Waals surface area (Å²) in [4.78, 5) is 27.8. The highest BCUT2D eigenvalue weighted by Gasteiger charge is 2.34. The third-order valence-electron chi connectivity index (χ3n) is 10.1. The number of non-ortho nitro benzene ring substituents is 1. The minimum Gasteiger partial charge on any atom is -0.392 e. The summed E-state index contributed by atoms with van der Waals surface area (Å²) < 4.78 is 13.3. The Bertz CT molecular complexity index is 1980. The van der Waals surface area contributed by atoms with Crippen molar-refractivity contribution >= 4 is 17.4 Å². The van der Waals surface area contributed by atoms with Crippen LogP contribution in [0.2, 0.25) is 0 Å². The average Bonchev–Trinajstić information content (AvgIpc) is 3.23. The molecule has 2 aliphatic heterocycles. The zero-order valence-electron chi connectivity index (χ0n) is 30.1. The summed E-state index contributed by atoms with van der Waals surface area (Å²) in [7, 11) is 0. The molecule has 0 spiro atoms. The highest BCUT2D eigenvalue weighted by molar-refractivity contribution is 5.74. The molecule has 2 amide bonds. The second-order valence-corrected chi connectivity index (χ2v) is 13.8. The van der Waals surface area contributed by atoms with Gasteiger partial charge in [0.2, 0.25) is 0 Å². The van der Waals surface area contributed by atoms with Crippen LogP contribution in [0.3, 0.4) is 0 Å². The monoisotopic (exact) mass is 727 g/mol. The Morgan fingerprint density at radius 3 is 2.07 bits per heavy atom. The maximum absolute atomic E-state index is 12.4. The molecule has 2 fully saturated rings. The van der Waals surface area contributed by atoms with Gasteiger partial charge in [-0.05, 0) is 51.6 Å². The van der Waals surface area contributed by atoms with Crippen molar-refractivity contribution < 1.29 is 24.3 Å². The van der Waals surface area contributed by atoms with E-state index in [-0.39, 0.29) is 35.5 Å². The Morgan fingerprint density at radius 2 is 1.39 bits per heavy atom. The maximum atomic E-state index is 12.4. The molecule has 0 aliphatic carbocycles. The predicted octanol–water partition coefficient (Wildman–Crippen LogP) is 7.12. The van der Waals surface area contributed by atoms with E-state index in [4.69, 9.17) is 9.47 Å². The Labute approximate surface area is 315 Å². The lowest BCUT2D eigenvalue weighted by Gasteiger charge is -2.41. The van der Waals surface area contributed by atoms with Crippen molar-refractivity contribution in [3.05, 3.63) is 165 Å². The van der Waals surface area contributed by atoms with Crippen LogP contribution in [-0.4, -0.2) is 59.8 Å². The number of aliphatic hydroxyl groups is 1. The van der Waals surface area contributed by atoms with Crippen molar-refractivity contribution in [2.75, 3.05) is 37.6 Å². The van der Waals surface area contributed by atoms with E-state index in [1.807, 2.05) is 78.9 Å². The Morgan fingerprint density at radius 1 is 0.722 bits per heavy atom. The van der Waals surface area contributed by atoms with E-state index in [9.17, 15) is 20.0 Å². The minimum atomic E-state index is -0.563. The van der Waals surface area contributed by atoms with E-state index in [2.05, 4.69) is 56.8 Å². The highest BCUT2D eigenvalue weighted by Crippen LogP contribution is 2.39. The number of nitro benzene ring substituents is 1. The number of nitrogens with zero attached hydrogens (tertiary/aromatic N) is 3. The van der Waals surface area contributed by atoms with Crippen molar-refractivity contribution in [1.82, 2.24) is 15.5 Å². The van der Waals surface area contributed by atoms with Gasteiger partial charge in [-0.1, -0.05) is 97.1 Å². The number of carbonyl (C=O) groups is 1. The number of nitrogens with one attached hydrogen (secondary N) is 2.